The van der Waals surface area contributed by atoms with Crippen LogP contribution in [-0.4, -0.2) is 19.3 Å². The highest BCUT2D eigenvalue weighted by molar-refractivity contribution is 5.59. The fraction of sp³-hybridized carbons (Fsp3) is 0.176. The van der Waals surface area contributed by atoms with Gasteiger partial charge < -0.3 is 4.74 Å². The van der Waals surface area contributed by atoms with Crippen LogP contribution in [0.15, 0.2) is 46.4 Å². The predicted molar refractivity (Wildman–Crippen MR) is 82.5 cm³/mol. The first-order chi connectivity index (χ1) is 10.7. The number of hydrogen-bond donors (Lipinski definition) is 0. The average molecular weight is 294 g/mol. The molecule has 0 amide bonds. The Labute approximate surface area is 128 Å². The quantitative estimate of drug-likeness (QED) is 0.625. The molecule has 5 heteroatoms. The van der Waals surface area contributed by atoms with E-state index < -0.39 is 0 Å². The molecule has 22 heavy (non-hydrogen) atoms. The highest BCUT2D eigenvalue weighted by Gasteiger charge is 2.06. The van der Waals surface area contributed by atoms with E-state index in [9.17, 15) is 9.59 Å². The van der Waals surface area contributed by atoms with Gasteiger partial charge in [0, 0.05) is 0 Å². The van der Waals surface area contributed by atoms with Gasteiger partial charge in [-0.15, -0.1) is 0 Å². The summed E-state index contributed by atoms with van der Waals surface area (Å²) in [7, 11) is 1.53. The lowest BCUT2D eigenvalue weighted by Crippen LogP contribution is -1.91. The van der Waals surface area contributed by atoms with E-state index in [1.54, 1.807) is 18.2 Å². The molecule has 0 saturated carbocycles. The first-order valence-corrected chi connectivity index (χ1v) is 6.60. The molecule has 2 aromatic rings. The molecule has 0 heterocycles. The van der Waals surface area contributed by atoms with Crippen molar-refractivity contribution in [3.63, 3.8) is 0 Å². The van der Waals surface area contributed by atoms with Gasteiger partial charge in [0.15, 0.2) is 0 Å². The number of methoxy groups -OCH3 is 1. The topological polar surface area (TPSA) is 68.1 Å². The zero-order chi connectivity index (χ0) is 15.9. The molecule has 0 atom stereocenters. The molecule has 0 spiro atoms. The molecule has 0 aromatic heterocycles. The summed E-state index contributed by atoms with van der Waals surface area (Å²) in [4.78, 5) is 27.9. The third-order valence-corrected chi connectivity index (χ3v) is 3.25. The van der Waals surface area contributed by atoms with Gasteiger partial charge in [0.1, 0.15) is 11.4 Å². The van der Waals surface area contributed by atoms with Gasteiger partial charge in [-0.2, -0.15) is 9.98 Å². The minimum atomic E-state index is 0.452. The molecule has 2 rings (SSSR count). The van der Waals surface area contributed by atoms with E-state index in [2.05, 4.69) is 9.98 Å². The second-order valence-corrected chi connectivity index (χ2v) is 4.71. The van der Waals surface area contributed by atoms with E-state index in [4.69, 9.17) is 4.74 Å². The number of nitrogens with zero attached hydrogens (tertiary/aromatic N) is 2. The van der Waals surface area contributed by atoms with Crippen LogP contribution in [0.4, 0.5) is 11.4 Å². The number of isocyanates is 2. The zero-order valence-corrected chi connectivity index (χ0v) is 12.3. The molecule has 5 nitrogen and oxygen atoms in total. The highest BCUT2D eigenvalue weighted by Crippen LogP contribution is 2.29. The van der Waals surface area contributed by atoms with Crippen LogP contribution in [0.1, 0.15) is 16.7 Å². The summed E-state index contributed by atoms with van der Waals surface area (Å²) in [5.41, 5.74) is 4.08. The van der Waals surface area contributed by atoms with E-state index in [-0.39, 0.29) is 0 Å². The minimum Gasteiger partial charge on any atom is -0.494 e. The number of carbonyl (C=O) groups excluding carboxylic acids is 2. The van der Waals surface area contributed by atoms with Gasteiger partial charge in [0.05, 0.1) is 12.8 Å². The van der Waals surface area contributed by atoms with Gasteiger partial charge in [0.25, 0.3) is 0 Å². The van der Waals surface area contributed by atoms with Crippen LogP contribution in [0.2, 0.25) is 0 Å². The van der Waals surface area contributed by atoms with Crippen LogP contribution in [0.5, 0.6) is 5.75 Å². The van der Waals surface area contributed by atoms with Crippen molar-refractivity contribution in [2.75, 3.05) is 7.11 Å². The van der Waals surface area contributed by atoms with Crippen LogP contribution in [0, 0.1) is 6.92 Å². The lowest BCUT2D eigenvalue weighted by molar-refractivity contribution is 0.415. The normalized spacial score (nSPS) is 9.55. The van der Waals surface area contributed by atoms with E-state index in [0.29, 0.717) is 23.5 Å². The van der Waals surface area contributed by atoms with Crippen molar-refractivity contribution in [2.45, 2.75) is 13.3 Å². The maximum absolute atomic E-state index is 10.4. The molecule has 0 N–H and O–H groups in total. The van der Waals surface area contributed by atoms with Gasteiger partial charge in [0.2, 0.25) is 12.2 Å². The Morgan fingerprint density at radius 2 is 1.55 bits per heavy atom. The predicted octanol–water partition coefficient (Wildman–Crippen LogP) is 3.53. The summed E-state index contributed by atoms with van der Waals surface area (Å²) in [5.74, 6) is 0.528. The monoisotopic (exact) mass is 294 g/mol. The van der Waals surface area contributed by atoms with E-state index >= 15 is 0 Å². The second kappa shape index (κ2) is 7.14. The summed E-state index contributed by atoms with van der Waals surface area (Å²) in [5, 5.41) is 0. The smallest absolute Gasteiger partial charge is 0.240 e. The Hall–Kier alpha value is -3.00. The lowest BCUT2D eigenvalue weighted by Gasteiger charge is -2.08. The lowest BCUT2D eigenvalue weighted by atomic mass is 10.0. The molecule has 0 saturated heterocycles. The molecule has 2 aromatic carbocycles. The standard InChI is InChI=1S/C17H14N2O3/c1-12-7-13(3-5-15(12)18-10-20)8-14-4-6-16(19-11-21)17(9-14)22-2/h3-7,9H,8H2,1-2H3. The van der Waals surface area contributed by atoms with Gasteiger partial charge in [-0.25, -0.2) is 9.59 Å². The second-order valence-electron chi connectivity index (χ2n) is 4.71. The van der Waals surface area contributed by atoms with Crippen molar-refractivity contribution < 1.29 is 14.3 Å². The van der Waals surface area contributed by atoms with Crippen molar-refractivity contribution in [3.8, 4) is 5.75 Å². The number of aliphatic imine (C=N–C) groups is 2. The molecule has 110 valence electrons. The molecule has 0 aliphatic heterocycles. The maximum Gasteiger partial charge on any atom is 0.240 e. The summed E-state index contributed by atoms with van der Waals surface area (Å²) < 4.78 is 5.22. The van der Waals surface area contributed by atoms with Crippen molar-refractivity contribution in [3.05, 3.63) is 53.1 Å². The summed E-state index contributed by atoms with van der Waals surface area (Å²) in [6, 6.07) is 11.1. The zero-order valence-electron chi connectivity index (χ0n) is 12.3. The largest absolute Gasteiger partial charge is 0.494 e. The van der Waals surface area contributed by atoms with Gasteiger partial charge in [-0.05, 0) is 48.2 Å². The van der Waals surface area contributed by atoms with Crippen LogP contribution >= 0.6 is 0 Å². The van der Waals surface area contributed by atoms with Gasteiger partial charge in [-0.1, -0.05) is 18.2 Å². The summed E-state index contributed by atoms with van der Waals surface area (Å²) in [6.07, 6.45) is 3.74. The third kappa shape index (κ3) is 3.55. The molecule has 0 aliphatic carbocycles. The minimum absolute atomic E-state index is 0.452. The van der Waals surface area contributed by atoms with E-state index in [1.165, 1.54) is 13.2 Å². The van der Waals surface area contributed by atoms with Crippen LogP contribution in [0.3, 0.4) is 0 Å². The first-order valence-electron chi connectivity index (χ1n) is 6.60. The Morgan fingerprint density at radius 1 is 0.955 bits per heavy atom. The van der Waals surface area contributed by atoms with Crippen molar-refractivity contribution >= 4 is 23.5 Å². The van der Waals surface area contributed by atoms with Crippen molar-refractivity contribution in [2.24, 2.45) is 9.98 Å². The summed E-state index contributed by atoms with van der Waals surface area (Å²) in [6.45, 7) is 1.89. The van der Waals surface area contributed by atoms with E-state index in [1.807, 2.05) is 31.2 Å². The fourth-order valence-electron chi connectivity index (χ4n) is 2.21. The highest BCUT2D eigenvalue weighted by atomic mass is 16.5. The number of benzene rings is 2. The van der Waals surface area contributed by atoms with Crippen LogP contribution in [0.25, 0.3) is 0 Å². The molecular formula is C17H14N2O3. The number of rotatable bonds is 5. The number of ether oxygens (including phenoxy) is 1. The molecule has 0 aliphatic rings. The van der Waals surface area contributed by atoms with Crippen molar-refractivity contribution in [1.82, 2.24) is 0 Å². The van der Waals surface area contributed by atoms with Gasteiger partial charge in [-0.3, -0.25) is 0 Å². The van der Waals surface area contributed by atoms with Crippen LogP contribution in [-0.2, 0) is 16.0 Å². The first kappa shape index (κ1) is 15.4. The van der Waals surface area contributed by atoms with Gasteiger partial charge >= 0.3 is 0 Å². The third-order valence-electron chi connectivity index (χ3n) is 3.25. The molecule has 0 radical (unpaired) electrons. The number of hydrogen-bond acceptors (Lipinski definition) is 5. The molecule has 0 bridgehead atoms. The van der Waals surface area contributed by atoms with Crippen molar-refractivity contribution in [1.29, 1.82) is 0 Å². The Bertz CT molecular complexity index is 786. The molecular weight excluding hydrogens is 280 g/mol. The number of aryl methyl sites for hydroxylation is 1. The Morgan fingerprint density at radius 3 is 2.14 bits per heavy atom. The SMILES string of the molecule is COc1cc(Cc2ccc(N=C=O)c(C)c2)ccc1N=C=O. The Balaban J connectivity index is 2.29. The molecule has 0 fully saturated rings. The maximum atomic E-state index is 10.4. The molecule has 0 unspecified atom stereocenters. The van der Waals surface area contributed by atoms with Crippen LogP contribution < -0.4 is 4.74 Å². The Kier molecular flexibility index (Phi) is 4.99. The average Bonchev–Trinajstić information content (AvgIpc) is 2.52. The summed E-state index contributed by atoms with van der Waals surface area (Å²) >= 11 is 0. The van der Waals surface area contributed by atoms with E-state index in [0.717, 1.165) is 16.7 Å². The fourth-order valence-corrected chi connectivity index (χ4v) is 2.21.